The lowest BCUT2D eigenvalue weighted by atomic mass is 9.65. The van der Waals surface area contributed by atoms with E-state index in [2.05, 4.69) is 157 Å². The predicted molar refractivity (Wildman–Crippen MR) is 224 cm³/mol. The maximum atomic E-state index is 6.68. The molecule has 0 N–H and O–H groups in total. The fourth-order valence-corrected chi connectivity index (χ4v) is 8.67. The van der Waals surface area contributed by atoms with Gasteiger partial charge in [-0.15, -0.1) is 0 Å². The molecule has 0 atom stereocenters. The van der Waals surface area contributed by atoms with Crippen LogP contribution in [0.3, 0.4) is 0 Å². The number of hydrogen-bond donors (Lipinski definition) is 0. The van der Waals surface area contributed by atoms with Crippen LogP contribution in [-0.2, 0) is 5.41 Å². The maximum absolute atomic E-state index is 6.68. The average molecular weight is 716 g/mol. The molecule has 3 heterocycles. The highest BCUT2D eigenvalue weighted by molar-refractivity contribution is 5.92. The van der Waals surface area contributed by atoms with E-state index in [9.17, 15) is 0 Å². The quantitative estimate of drug-likeness (QED) is 0.178. The van der Waals surface area contributed by atoms with Gasteiger partial charge in [-0.25, -0.2) is 9.97 Å². The Morgan fingerprint density at radius 2 is 0.839 bits per heavy atom. The van der Waals surface area contributed by atoms with Crippen LogP contribution in [0.25, 0.3) is 67.4 Å². The summed E-state index contributed by atoms with van der Waals surface area (Å²) in [7, 11) is 0. The minimum absolute atomic E-state index is 0.645. The summed E-state index contributed by atoms with van der Waals surface area (Å²) < 4.78 is 6.68. The molecule has 2 aromatic heterocycles. The van der Waals surface area contributed by atoms with Crippen molar-refractivity contribution in [1.29, 1.82) is 0 Å². The number of benzene rings is 7. The zero-order valence-electron chi connectivity index (χ0n) is 30.3. The van der Waals surface area contributed by atoms with Crippen LogP contribution < -0.4 is 4.74 Å². The van der Waals surface area contributed by atoms with Crippen LogP contribution in [-0.4, -0.2) is 15.0 Å². The lowest BCUT2D eigenvalue weighted by molar-refractivity contribution is 0.436. The summed E-state index contributed by atoms with van der Waals surface area (Å²) in [5.41, 5.74) is 15.6. The van der Waals surface area contributed by atoms with Gasteiger partial charge in [0.05, 0.1) is 22.5 Å². The topological polar surface area (TPSA) is 47.9 Å². The maximum Gasteiger partial charge on any atom is 0.160 e. The summed E-state index contributed by atoms with van der Waals surface area (Å²) in [5.74, 6) is 2.42. The van der Waals surface area contributed by atoms with Gasteiger partial charge in [-0.2, -0.15) is 0 Å². The lowest BCUT2D eigenvalue weighted by Gasteiger charge is -2.39. The summed E-state index contributed by atoms with van der Waals surface area (Å²) >= 11 is 0. The molecule has 4 nitrogen and oxygen atoms in total. The van der Waals surface area contributed by atoms with Crippen LogP contribution in [0.15, 0.2) is 200 Å². The molecule has 0 radical (unpaired) electrons. The van der Waals surface area contributed by atoms with Crippen molar-refractivity contribution in [2.45, 2.75) is 5.41 Å². The molecule has 2 aliphatic rings. The van der Waals surface area contributed by atoms with E-state index in [0.29, 0.717) is 5.82 Å². The van der Waals surface area contributed by atoms with Gasteiger partial charge in [0, 0.05) is 39.6 Å². The van der Waals surface area contributed by atoms with E-state index in [1.807, 2.05) is 48.7 Å². The first-order chi connectivity index (χ1) is 27.7. The number of pyridine rings is 1. The van der Waals surface area contributed by atoms with Gasteiger partial charge in [0.25, 0.3) is 0 Å². The highest BCUT2D eigenvalue weighted by Crippen LogP contribution is 2.62. The molecule has 11 rings (SSSR count). The van der Waals surface area contributed by atoms with Gasteiger partial charge in [0.2, 0.25) is 0 Å². The molecule has 1 spiro atoms. The minimum Gasteiger partial charge on any atom is -0.457 e. The minimum atomic E-state index is -0.645. The highest BCUT2D eigenvalue weighted by Gasteiger charge is 2.51. The first kappa shape index (κ1) is 32.0. The van der Waals surface area contributed by atoms with Crippen LogP contribution in [0.2, 0.25) is 0 Å². The zero-order valence-corrected chi connectivity index (χ0v) is 30.3. The van der Waals surface area contributed by atoms with Crippen LogP contribution in [0, 0.1) is 0 Å². The van der Waals surface area contributed by atoms with Crippen LogP contribution >= 0.6 is 0 Å². The number of ether oxygens (including phenoxy) is 1. The smallest absolute Gasteiger partial charge is 0.160 e. The Balaban J connectivity index is 1.14. The van der Waals surface area contributed by atoms with Crippen molar-refractivity contribution < 1.29 is 4.74 Å². The molecular weight excluding hydrogens is 683 g/mol. The number of rotatable bonds is 5. The van der Waals surface area contributed by atoms with Gasteiger partial charge in [0.15, 0.2) is 5.82 Å². The van der Waals surface area contributed by atoms with Gasteiger partial charge in [-0.1, -0.05) is 152 Å². The fourth-order valence-electron chi connectivity index (χ4n) is 8.67. The first-order valence-corrected chi connectivity index (χ1v) is 18.9. The van der Waals surface area contributed by atoms with Crippen molar-refractivity contribution >= 4 is 0 Å². The second-order valence-corrected chi connectivity index (χ2v) is 14.4. The van der Waals surface area contributed by atoms with Gasteiger partial charge in [-0.05, 0) is 75.8 Å². The zero-order chi connectivity index (χ0) is 37.1. The van der Waals surface area contributed by atoms with Crippen LogP contribution in [0.1, 0.15) is 22.3 Å². The molecule has 0 saturated carbocycles. The Morgan fingerprint density at radius 3 is 1.48 bits per heavy atom. The summed E-state index contributed by atoms with van der Waals surface area (Å²) in [6.07, 6.45) is 1.84. The molecule has 9 aromatic rings. The van der Waals surface area contributed by atoms with Crippen molar-refractivity contribution in [2.24, 2.45) is 0 Å². The number of aromatic nitrogens is 3. The van der Waals surface area contributed by atoms with Gasteiger partial charge in [-0.3, -0.25) is 4.98 Å². The molecular formula is C52H33N3O. The summed E-state index contributed by atoms with van der Waals surface area (Å²) in [5, 5.41) is 0. The van der Waals surface area contributed by atoms with Crippen molar-refractivity contribution in [3.63, 3.8) is 0 Å². The first-order valence-electron chi connectivity index (χ1n) is 18.9. The Morgan fingerprint density at radius 1 is 0.339 bits per heavy atom. The lowest BCUT2D eigenvalue weighted by Crippen LogP contribution is -2.32. The van der Waals surface area contributed by atoms with E-state index in [0.717, 1.165) is 73.1 Å². The molecule has 262 valence electrons. The van der Waals surface area contributed by atoms with E-state index >= 15 is 0 Å². The van der Waals surface area contributed by atoms with E-state index in [-0.39, 0.29) is 0 Å². The molecule has 7 aromatic carbocycles. The van der Waals surface area contributed by atoms with Crippen LogP contribution in [0.5, 0.6) is 11.5 Å². The third kappa shape index (κ3) is 5.04. The highest BCUT2D eigenvalue weighted by atomic mass is 16.5. The third-order valence-corrected chi connectivity index (χ3v) is 11.2. The Kier molecular flexibility index (Phi) is 7.36. The molecule has 1 aliphatic carbocycles. The number of hydrogen-bond acceptors (Lipinski definition) is 4. The summed E-state index contributed by atoms with van der Waals surface area (Å²) in [6.45, 7) is 0. The molecule has 0 fully saturated rings. The van der Waals surface area contributed by atoms with Gasteiger partial charge in [0.1, 0.15) is 11.5 Å². The predicted octanol–water partition coefficient (Wildman–Crippen LogP) is 12.7. The molecule has 0 saturated heterocycles. The Hall–Kier alpha value is -7.43. The molecule has 0 bridgehead atoms. The molecule has 56 heavy (non-hydrogen) atoms. The van der Waals surface area contributed by atoms with Crippen molar-refractivity contribution in [1.82, 2.24) is 15.0 Å². The molecule has 0 unspecified atom stereocenters. The van der Waals surface area contributed by atoms with Crippen molar-refractivity contribution in [3.8, 4) is 78.9 Å². The fraction of sp³-hybridized carbons (Fsp3) is 0.0192. The second-order valence-electron chi connectivity index (χ2n) is 14.4. The van der Waals surface area contributed by atoms with E-state index in [1.54, 1.807) is 0 Å². The normalized spacial score (nSPS) is 12.9. The second kappa shape index (κ2) is 12.9. The number of fused-ring (bicyclic) bond motifs is 9. The third-order valence-electron chi connectivity index (χ3n) is 11.2. The standard InChI is InChI=1S/C52H33N3O/c1-3-13-35(14-4-1)47-33-48(55-51(54-47)37-15-5-2-6-16-37)39-27-29-41-40-28-26-38(34-22-24-36(25-23-34)46-19-11-12-30-53-46)31-44(40)52(45(41)32-39)42-17-7-9-20-49(42)56-50-21-10-8-18-43(50)52/h1-33H. The molecule has 0 amide bonds. The van der Waals surface area contributed by atoms with Crippen molar-refractivity contribution in [2.75, 3.05) is 0 Å². The molecule has 1 aliphatic heterocycles. The van der Waals surface area contributed by atoms with Gasteiger partial charge >= 0.3 is 0 Å². The summed E-state index contributed by atoms with van der Waals surface area (Å²) in [4.78, 5) is 14.9. The Bertz CT molecular complexity index is 2820. The summed E-state index contributed by atoms with van der Waals surface area (Å²) in [6, 6.07) is 68.3. The van der Waals surface area contributed by atoms with Gasteiger partial charge < -0.3 is 4.74 Å². The van der Waals surface area contributed by atoms with Crippen LogP contribution in [0.4, 0.5) is 0 Å². The van der Waals surface area contributed by atoms with E-state index < -0.39 is 5.41 Å². The van der Waals surface area contributed by atoms with E-state index in [4.69, 9.17) is 14.7 Å². The number of nitrogens with zero attached hydrogens (tertiary/aromatic N) is 3. The SMILES string of the molecule is c1ccc(-c2cc(-c3ccc4c(c3)C3(c5ccccc5Oc5ccccc53)c3cc(-c5ccc(-c6ccccn6)cc5)ccc3-4)nc(-c3ccccc3)n2)cc1. The largest absolute Gasteiger partial charge is 0.457 e. The Labute approximate surface area is 325 Å². The monoisotopic (exact) mass is 715 g/mol. The van der Waals surface area contributed by atoms with Crippen molar-refractivity contribution in [3.05, 3.63) is 223 Å². The van der Waals surface area contributed by atoms with E-state index in [1.165, 1.54) is 22.3 Å². The average Bonchev–Trinajstić information content (AvgIpc) is 3.56. The number of para-hydroxylation sites is 2. The molecule has 4 heteroatoms.